The molecule has 2 fully saturated rings. The minimum absolute atomic E-state index is 0.222. The smallest absolute Gasteiger partial charge is 0.315 e. The number of urea groups is 1. The van der Waals surface area contributed by atoms with Crippen molar-refractivity contribution in [3.05, 3.63) is 94.2 Å². The fourth-order valence-electron chi connectivity index (χ4n) is 4.57. The Morgan fingerprint density at radius 2 is 1.41 bits per heavy atom. The number of amides is 3. The summed E-state index contributed by atoms with van der Waals surface area (Å²) in [5, 5.41) is 7.32. The van der Waals surface area contributed by atoms with Gasteiger partial charge < -0.3 is 5.32 Å². The van der Waals surface area contributed by atoms with Crippen LogP contribution in [-0.4, -0.2) is 59.5 Å². The van der Waals surface area contributed by atoms with Crippen LogP contribution < -0.4 is 5.32 Å². The zero-order chi connectivity index (χ0) is 22.0. The van der Waals surface area contributed by atoms with Crippen LogP contribution in [0.4, 0.5) is 4.79 Å². The van der Waals surface area contributed by atoms with E-state index in [1.807, 2.05) is 60.7 Å². The van der Waals surface area contributed by atoms with Gasteiger partial charge in [-0.15, -0.1) is 0 Å². The summed E-state index contributed by atoms with van der Waals surface area (Å²) >= 11 is 1.72. The molecule has 3 amide bonds. The second-order valence-corrected chi connectivity index (χ2v) is 9.09. The quantitative estimate of drug-likeness (QED) is 0.591. The second kappa shape index (κ2) is 8.86. The van der Waals surface area contributed by atoms with Crippen LogP contribution in [0.25, 0.3) is 0 Å². The van der Waals surface area contributed by atoms with Gasteiger partial charge in [0.05, 0.1) is 6.67 Å². The lowest BCUT2D eigenvalue weighted by molar-refractivity contribution is -0.132. The Morgan fingerprint density at radius 3 is 1.97 bits per heavy atom. The summed E-state index contributed by atoms with van der Waals surface area (Å²) in [6, 6.07) is 20.8. The van der Waals surface area contributed by atoms with Gasteiger partial charge in [0, 0.05) is 32.7 Å². The summed E-state index contributed by atoms with van der Waals surface area (Å²) in [5.41, 5.74) is 1.69. The summed E-state index contributed by atoms with van der Waals surface area (Å²) in [6.07, 6.45) is 0. The third kappa shape index (κ3) is 3.83. The van der Waals surface area contributed by atoms with E-state index in [9.17, 15) is 9.59 Å². The number of hydrogen-bond donors (Lipinski definition) is 1. The molecule has 0 radical (unpaired) electrons. The molecular formula is C25H26N4O2S. The molecule has 0 spiro atoms. The minimum Gasteiger partial charge on any atom is -0.315 e. The summed E-state index contributed by atoms with van der Waals surface area (Å²) in [4.78, 5) is 32.8. The number of carbonyl (C=O) groups is 2. The Labute approximate surface area is 192 Å². The molecule has 1 N–H and O–H groups in total. The van der Waals surface area contributed by atoms with E-state index in [-0.39, 0.29) is 11.9 Å². The highest BCUT2D eigenvalue weighted by Crippen LogP contribution is 2.36. The first-order valence-corrected chi connectivity index (χ1v) is 11.8. The highest BCUT2D eigenvalue weighted by Gasteiger charge is 2.53. The van der Waals surface area contributed by atoms with E-state index in [1.165, 1.54) is 10.5 Å². The number of piperazine rings is 1. The number of imide groups is 1. The summed E-state index contributed by atoms with van der Waals surface area (Å²) in [6.45, 7) is 4.74. The van der Waals surface area contributed by atoms with E-state index >= 15 is 0 Å². The maximum atomic E-state index is 13.8. The van der Waals surface area contributed by atoms with Crippen molar-refractivity contribution < 1.29 is 9.59 Å². The molecule has 2 aliphatic rings. The van der Waals surface area contributed by atoms with E-state index in [0.717, 1.165) is 43.9 Å². The number of benzene rings is 2. The van der Waals surface area contributed by atoms with Gasteiger partial charge in [-0.1, -0.05) is 60.7 Å². The molecule has 32 heavy (non-hydrogen) atoms. The maximum absolute atomic E-state index is 13.8. The Balaban J connectivity index is 1.33. The third-order valence-electron chi connectivity index (χ3n) is 6.31. The van der Waals surface area contributed by atoms with Crippen molar-refractivity contribution in [1.82, 2.24) is 20.0 Å². The number of hydrogen-bond acceptors (Lipinski definition) is 5. The standard InChI is InChI=1S/C25H26N4O2S/c30-23-25(21-7-3-1-4-8-21,22-9-5-2-6-10-22)26-24(31)29(23)19-28-14-12-27(13-15-28)17-20-11-16-32-18-20/h1-11,16,18H,12-15,17,19H2,(H,26,31). The van der Waals surface area contributed by atoms with Gasteiger partial charge in [-0.3, -0.25) is 14.6 Å². The number of nitrogens with zero attached hydrogens (tertiary/aromatic N) is 3. The third-order valence-corrected chi connectivity index (χ3v) is 7.04. The molecule has 164 valence electrons. The summed E-state index contributed by atoms with van der Waals surface area (Å²) in [7, 11) is 0. The van der Waals surface area contributed by atoms with Crippen LogP contribution in [0, 0.1) is 0 Å². The van der Waals surface area contributed by atoms with E-state index < -0.39 is 5.54 Å². The fourth-order valence-corrected chi connectivity index (χ4v) is 5.23. The van der Waals surface area contributed by atoms with Crippen molar-refractivity contribution >= 4 is 23.3 Å². The van der Waals surface area contributed by atoms with Crippen molar-refractivity contribution in [2.75, 3.05) is 32.8 Å². The van der Waals surface area contributed by atoms with E-state index in [1.54, 1.807) is 11.3 Å². The lowest BCUT2D eigenvalue weighted by Crippen LogP contribution is -2.51. The lowest BCUT2D eigenvalue weighted by atomic mass is 9.83. The summed E-state index contributed by atoms with van der Waals surface area (Å²) in [5.74, 6) is -0.222. The average Bonchev–Trinajstić information content (AvgIpc) is 3.44. The first kappa shape index (κ1) is 20.9. The van der Waals surface area contributed by atoms with E-state index in [2.05, 4.69) is 31.9 Å². The van der Waals surface area contributed by atoms with Gasteiger partial charge in [-0.05, 0) is 33.5 Å². The Bertz CT molecular complexity index is 1020. The minimum atomic E-state index is -1.19. The second-order valence-electron chi connectivity index (χ2n) is 8.31. The molecule has 1 aromatic heterocycles. The molecule has 2 saturated heterocycles. The molecule has 0 aliphatic carbocycles. The SMILES string of the molecule is O=C1NC(c2ccccc2)(c2ccccc2)C(=O)N1CN1CCN(Cc2ccsc2)CC1. The molecular weight excluding hydrogens is 420 g/mol. The highest BCUT2D eigenvalue weighted by molar-refractivity contribution is 7.07. The van der Waals surface area contributed by atoms with Crippen LogP contribution in [0.3, 0.4) is 0 Å². The van der Waals surface area contributed by atoms with Crippen LogP contribution in [0.1, 0.15) is 16.7 Å². The molecule has 0 unspecified atom stereocenters. The average molecular weight is 447 g/mol. The molecule has 3 aromatic rings. The normalized spacial score (nSPS) is 19.3. The van der Waals surface area contributed by atoms with Crippen LogP contribution >= 0.6 is 11.3 Å². The zero-order valence-corrected chi connectivity index (χ0v) is 18.6. The zero-order valence-electron chi connectivity index (χ0n) is 17.8. The topological polar surface area (TPSA) is 55.9 Å². The fraction of sp³-hybridized carbons (Fsp3) is 0.280. The molecule has 2 aliphatic heterocycles. The Kier molecular flexibility index (Phi) is 5.78. The Hall–Kier alpha value is -3.00. The largest absolute Gasteiger partial charge is 0.326 e. The van der Waals surface area contributed by atoms with Crippen molar-refractivity contribution in [3.8, 4) is 0 Å². The van der Waals surface area contributed by atoms with Crippen LogP contribution in [0.15, 0.2) is 77.5 Å². The molecule has 2 aromatic carbocycles. The number of rotatable bonds is 6. The first-order valence-electron chi connectivity index (χ1n) is 10.9. The van der Waals surface area contributed by atoms with Gasteiger partial charge in [-0.2, -0.15) is 11.3 Å². The van der Waals surface area contributed by atoms with Crippen molar-refractivity contribution in [1.29, 1.82) is 0 Å². The summed E-state index contributed by atoms with van der Waals surface area (Å²) < 4.78 is 0. The molecule has 3 heterocycles. The van der Waals surface area contributed by atoms with Gasteiger partial charge in [0.1, 0.15) is 0 Å². The maximum Gasteiger partial charge on any atom is 0.326 e. The molecule has 5 rings (SSSR count). The number of carbonyl (C=O) groups excluding carboxylic acids is 2. The van der Waals surface area contributed by atoms with Crippen LogP contribution in [-0.2, 0) is 16.9 Å². The van der Waals surface area contributed by atoms with Crippen molar-refractivity contribution in [2.24, 2.45) is 0 Å². The van der Waals surface area contributed by atoms with E-state index in [4.69, 9.17) is 0 Å². The van der Waals surface area contributed by atoms with Crippen LogP contribution in [0.5, 0.6) is 0 Å². The predicted molar refractivity (Wildman–Crippen MR) is 125 cm³/mol. The van der Waals surface area contributed by atoms with Gasteiger partial charge >= 0.3 is 6.03 Å². The molecule has 7 heteroatoms. The molecule has 0 bridgehead atoms. The Morgan fingerprint density at radius 1 is 0.812 bits per heavy atom. The van der Waals surface area contributed by atoms with Gasteiger partial charge in [0.25, 0.3) is 5.91 Å². The van der Waals surface area contributed by atoms with E-state index in [0.29, 0.717) is 6.67 Å². The van der Waals surface area contributed by atoms with Gasteiger partial charge in [-0.25, -0.2) is 9.69 Å². The van der Waals surface area contributed by atoms with Gasteiger partial charge in [0.15, 0.2) is 5.54 Å². The molecule has 6 nitrogen and oxygen atoms in total. The van der Waals surface area contributed by atoms with Crippen molar-refractivity contribution in [3.63, 3.8) is 0 Å². The first-order chi connectivity index (χ1) is 15.7. The van der Waals surface area contributed by atoms with Crippen LogP contribution in [0.2, 0.25) is 0 Å². The highest BCUT2D eigenvalue weighted by atomic mass is 32.1. The number of thiophene rings is 1. The molecule has 0 atom stereocenters. The molecule has 0 saturated carbocycles. The van der Waals surface area contributed by atoms with Crippen molar-refractivity contribution in [2.45, 2.75) is 12.1 Å². The predicted octanol–water partition coefficient (Wildman–Crippen LogP) is 3.32. The lowest BCUT2D eigenvalue weighted by Gasteiger charge is -2.36. The number of nitrogens with one attached hydrogen (secondary N) is 1. The van der Waals surface area contributed by atoms with Gasteiger partial charge in [0.2, 0.25) is 0 Å². The monoisotopic (exact) mass is 446 g/mol.